The molecule has 0 amide bonds. The summed E-state index contributed by atoms with van der Waals surface area (Å²) >= 11 is 6.06. The highest BCUT2D eigenvalue weighted by Gasteiger charge is 2.12. The quantitative estimate of drug-likeness (QED) is 0.641. The number of hydrogen-bond acceptors (Lipinski definition) is 2. The summed E-state index contributed by atoms with van der Waals surface area (Å²) in [6.45, 7) is 4.28. The monoisotopic (exact) mass is 288 g/mol. The second kappa shape index (κ2) is 5.97. The molecule has 2 aromatic rings. The van der Waals surface area contributed by atoms with Gasteiger partial charge in [0.1, 0.15) is 17.3 Å². The Morgan fingerprint density at radius 2 is 1.80 bits per heavy atom. The second-order valence-electron chi connectivity index (χ2n) is 4.85. The summed E-state index contributed by atoms with van der Waals surface area (Å²) in [5.74, 6) is 1.55. The molecule has 0 spiro atoms. The number of nitrogens with one attached hydrogen (secondary N) is 1. The van der Waals surface area contributed by atoms with Gasteiger partial charge >= 0.3 is 0 Å². The average Bonchev–Trinajstić information content (AvgIpc) is 2.39. The first-order valence-corrected chi connectivity index (χ1v) is 6.77. The van der Waals surface area contributed by atoms with Gasteiger partial charge in [0.25, 0.3) is 0 Å². The fourth-order valence-electron chi connectivity index (χ4n) is 1.90. The van der Waals surface area contributed by atoms with Crippen LogP contribution in [-0.4, -0.2) is 5.84 Å². The van der Waals surface area contributed by atoms with E-state index in [0.29, 0.717) is 28.0 Å². The molecule has 2 aromatic carbocycles. The van der Waals surface area contributed by atoms with Crippen LogP contribution in [0.4, 0.5) is 0 Å². The van der Waals surface area contributed by atoms with Crippen molar-refractivity contribution in [3.8, 4) is 11.5 Å². The van der Waals surface area contributed by atoms with E-state index in [4.69, 9.17) is 27.5 Å². The molecule has 0 bridgehead atoms. The lowest BCUT2D eigenvalue weighted by Crippen LogP contribution is -2.13. The van der Waals surface area contributed by atoms with Crippen LogP contribution in [0, 0.1) is 5.41 Å². The summed E-state index contributed by atoms with van der Waals surface area (Å²) < 4.78 is 5.78. The van der Waals surface area contributed by atoms with Gasteiger partial charge in [-0.15, -0.1) is 0 Å². The van der Waals surface area contributed by atoms with Crippen molar-refractivity contribution >= 4 is 17.4 Å². The van der Waals surface area contributed by atoms with Crippen molar-refractivity contribution in [2.45, 2.75) is 19.8 Å². The van der Waals surface area contributed by atoms with Crippen molar-refractivity contribution < 1.29 is 4.74 Å². The molecule has 3 nitrogen and oxygen atoms in total. The molecule has 0 saturated heterocycles. The molecule has 0 fully saturated rings. The highest BCUT2D eigenvalue weighted by atomic mass is 35.5. The SMILES string of the molecule is CC(C)c1ccc(Oc2cccc(Cl)c2C(=N)N)cc1. The van der Waals surface area contributed by atoms with E-state index in [2.05, 4.69) is 13.8 Å². The molecule has 0 saturated carbocycles. The molecule has 0 aliphatic heterocycles. The standard InChI is InChI=1S/C16H17ClN2O/c1-10(2)11-6-8-12(9-7-11)20-14-5-3-4-13(17)15(14)16(18)19/h3-10H,1-2H3,(H3,18,19). The molecule has 0 heterocycles. The maximum absolute atomic E-state index is 7.59. The third kappa shape index (κ3) is 3.11. The summed E-state index contributed by atoms with van der Waals surface area (Å²) in [6.07, 6.45) is 0. The molecular weight excluding hydrogens is 272 g/mol. The van der Waals surface area contributed by atoms with Gasteiger partial charge in [0.15, 0.2) is 0 Å². The van der Waals surface area contributed by atoms with Crippen LogP contribution in [0.5, 0.6) is 11.5 Å². The summed E-state index contributed by atoms with van der Waals surface area (Å²) in [7, 11) is 0. The molecule has 0 radical (unpaired) electrons. The highest BCUT2D eigenvalue weighted by Crippen LogP contribution is 2.30. The van der Waals surface area contributed by atoms with E-state index in [-0.39, 0.29) is 5.84 Å². The van der Waals surface area contributed by atoms with Gasteiger partial charge in [-0.2, -0.15) is 0 Å². The number of nitrogens with two attached hydrogens (primary N) is 1. The Morgan fingerprint density at radius 3 is 2.35 bits per heavy atom. The van der Waals surface area contributed by atoms with Crippen LogP contribution in [0.25, 0.3) is 0 Å². The van der Waals surface area contributed by atoms with Gasteiger partial charge in [-0.25, -0.2) is 0 Å². The average molecular weight is 289 g/mol. The number of halogens is 1. The van der Waals surface area contributed by atoms with Gasteiger partial charge in [-0.1, -0.05) is 43.6 Å². The molecule has 0 aromatic heterocycles. The largest absolute Gasteiger partial charge is 0.457 e. The molecule has 20 heavy (non-hydrogen) atoms. The number of nitrogen functional groups attached to an aromatic ring is 1. The van der Waals surface area contributed by atoms with Crippen LogP contribution in [-0.2, 0) is 0 Å². The summed E-state index contributed by atoms with van der Waals surface area (Å²) in [5, 5.41) is 8.00. The Bertz CT molecular complexity index is 621. The Balaban J connectivity index is 2.30. The summed E-state index contributed by atoms with van der Waals surface area (Å²) in [6, 6.07) is 13.1. The maximum Gasteiger partial charge on any atom is 0.139 e. The Labute approximate surface area is 123 Å². The van der Waals surface area contributed by atoms with Crippen molar-refractivity contribution in [2.75, 3.05) is 0 Å². The molecule has 0 atom stereocenters. The number of hydrogen-bond donors (Lipinski definition) is 2. The van der Waals surface area contributed by atoms with Crippen molar-refractivity contribution in [3.63, 3.8) is 0 Å². The van der Waals surface area contributed by atoms with Crippen LogP contribution in [0.15, 0.2) is 42.5 Å². The fourth-order valence-corrected chi connectivity index (χ4v) is 2.17. The van der Waals surface area contributed by atoms with Crippen molar-refractivity contribution in [2.24, 2.45) is 5.73 Å². The number of benzene rings is 2. The van der Waals surface area contributed by atoms with Gasteiger partial charge in [-0.3, -0.25) is 5.41 Å². The van der Waals surface area contributed by atoms with Crippen LogP contribution in [0.3, 0.4) is 0 Å². The van der Waals surface area contributed by atoms with E-state index < -0.39 is 0 Å². The lowest BCUT2D eigenvalue weighted by atomic mass is 10.0. The van der Waals surface area contributed by atoms with Crippen LogP contribution < -0.4 is 10.5 Å². The van der Waals surface area contributed by atoms with Gasteiger partial charge in [-0.05, 0) is 35.7 Å². The molecule has 0 aliphatic carbocycles. The van der Waals surface area contributed by atoms with E-state index in [1.807, 2.05) is 24.3 Å². The Morgan fingerprint density at radius 1 is 1.15 bits per heavy atom. The van der Waals surface area contributed by atoms with Crippen LogP contribution >= 0.6 is 11.6 Å². The summed E-state index contributed by atoms with van der Waals surface area (Å²) in [4.78, 5) is 0. The Hall–Kier alpha value is -2.00. The molecule has 104 valence electrons. The predicted octanol–water partition coefficient (Wildman–Crippen LogP) is 4.54. The smallest absolute Gasteiger partial charge is 0.139 e. The fraction of sp³-hybridized carbons (Fsp3) is 0.188. The third-order valence-corrected chi connectivity index (χ3v) is 3.33. The van der Waals surface area contributed by atoms with Crippen molar-refractivity contribution in [3.05, 3.63) is 58.6 Å². The van der Waals surface area contributed by atoms with Crippen LogP contribution in [0.2, 0.25) is 5.02 Å². The van der Waals surface area contributed by atoms with Gasteiger partial charge in [0.05, 0.1) is 10.6 Å². The first kappa shape index (κ1) is 14.4. The first-order chi connectivity index (χ1) is 9.49. The number of amidine groups is 1. The zero-order valence-corrected chi connectivity index (χ0v) is 12.2. The minimum Gasteiger partial charge on any atom is -0.457 e. The highest BCUT2D eigenvalue weighted by molar-refractivity contribution is 6.34. The van der Waals surface area contributed by atoms with Gasteiger partial charge in [0.2, 0.25) is 0 Å². The zero-order valence-electron chi connectivity index (χ0n) is 11.5. The van der Waals surface area contributed by atoms with Crippen molar-refractivity contribution in [1.82, 2.24) is 0 Å². The van der Waals surface area contributed by atoms with E-state index >= 15 is 0 Å². The predicted molar refractivity (Wildman–Crippen MR) is 83.1 cm³/mol. The minimum absolute atomic E-state index is 0.107. The molecule has 0 unspecified atom stereocenters. The minimum atomic E-state index is -0.107. The molecule has 3 N–H and O–H groups in total. The second-order valence-corrected chi connectivity index (χ2v) is 5.26. The van der Waals surface area contributed by atoms with Crippen LogP contribution in [0.1, 0.15) is 30.9 Å². The number of ether oxygens (including phenoxy) is 1. The van der Waals surface area contributed by atoms with E-state index in [1.165, 1.54) is 5.56 Å². The van der Waals surface area contributed by atoms with Gasteiger partial charge in [0, 0.05) is 0 Å². The lowest BCUT2D eigenvalue weighted by molar-refractivity contribution is 0.481. The topological polar surface area (TPSA) is 59.1 Å². The Kier molecular flexibility index (Phi) is 4.30. The molecular formula is C16H17ClN2O. The summed E-state index contributed by atoms with van der Waals surface area (Å²) in [5.41, 5.74) is 7.22. The third-order valence-electron chi connectivity index (χ3n) is 3.02. The molecule has 2 rings (SSSR count). The van der Waals surface area contributed by atoms with Gasteiger partial charge < -0.3 is 10.5 Å². The maximum atomic E-state index is 7.59. The van der Waals surface area contributed by atoms with E-state index in [9.17, 15) is 0 Å². The lowest BCUT2D eigenvalue weighted by Gasteiger charge is -2.12. The number of rotatable bonds is 4. The normalized spacial score (nSPS) is 10.6. The zero-order chi connectivity index (χ0) is 14.7. The first-order valence-electron chi connectivity index (χ1n) is 6.39. The molecule has 0 aliphatic rings. The van der Waals surface area contributed by atoms with E-state index in [1.54, 1.807) is 18.2 Å². The van der Waals surface area contributed by atoms with E-state index in [0.717, 1.165) is 0 Å². The molecule has 4 heteroatoms. The van der Waals surface area contributed by atoms with Crippen molar-refractivity contribution in [1.29, 1.82) is 5.41 Å².